The Morgan fingerprint density at radius 3 is 3.20 bits per heavy atom. The molecule has 0 amide bonds. The van der Waals surface area contributed by atoms with Crippen molar-refractivity contribution < 1.29 is 9.15 Å². The van der Waals surface area contributed by atoms with Gasteiger partial charge in [-0.3, -0.25) is 0 Å². The zero-order valence-corrected chi connectivity index (χ0v) is 9.89. The average molecular weight is 230 g/mol. The maximum absolute atomic E-state index is 5.23. The van der Waals surface area contributed by atoms with Crippen molar-refractivity contribution in [3.05, 3.63) is 12.5 Å². The van der Waals surface area contributed by atoms with Crippen molar-refractivity contribution in [2.75, 3.05) is 32.1 Å². The fourth-order valence-corrected chi connectivity index (χ4v) is 1.74. The van der Waals surface area contributed by atoms with Crippen LogP contribution in [-0.2, 0) is 4.74 Å². The van der Waals surface area contributed by atoms with Crippen LogP contribution >= 0.6 is 11.8 Å². The summed E-state index contributed by atoms with van der Waals surface area (Å²) < 4.78 is 10.3. The van der Waals surface area contributed by atoms with Crippen LogP contribution in [0, 0.1) is 0 Å². The molecule has 5 heteroatoms. The molecule has 0 bridgehead atoms. The molecule has 1 rings (SSSR count). The largest absolute Gasteiger partial charge is 0.440 e. The van der Waals surface area contributed by atoms with Crippen molar-refractivity contribution in [1.82, 2.24) is 10.3 Å². The quantitative estimate of drug-likeness (QED) is 0.517. The number of hydrogen-bond acceptors (Lipinski definition) is 5. The second-order valence-corrected chi connectivity index (χ2v) is 3.99. The van der Waals surface area contributed by atoms with Crippen LogP contribution in [0.5, 0.6) is 0 Å². The molecule has 1 heterocycles. The van der Waals surface area contributed by atoms with Crippen LogP contribution in [0.15, 0.2) is 22.1 Å². The normalized spacial score (nSPS) is 10.7. The van der Waals surface area contributed by atoms with E-state index in [1.807, 2.05) is 6.92 Å². The SMILES string of the molecule is CCOCCCNCCSc1ncco1. The highest BCUT2D eigenvalue weighted by Gasteiger charge is 1.96. The van der Waals surface area contributed by atoms with Crippen molar-refractivity contribution in [3.8, 4) is 0 Å². The predicted molar refractivity (Wildman–Crippen MR) is 61.2 cm³/mol. The molecule has 0 radical (unpaired) electrons. The molecule has 0 saturated carbocycles. The van der Waals surface area contributed by atoms with E-state index in [1.54, 1.807) is 24.2 Å². The van der Waals surface area contributed by atoms with Gasteiger partial charge in [0.25, 0.3) is 5.22 Å². The van der Waals surface area contributed by atoms with E-state index in [4.69, 9.17) is 9.15 Å². The highest BCUT2D eigenvalue weighted by Crippen LogP contribution is 2.13. The van der Waals surface area contributed by atoms with Gasteiger partial charge in [0.05, 0.1) is 6.20 Å². The van der Waals surface area contributed by atoms with Crippen LogP contribution in [0.25, 0.3) is 0 Å². The summed E-state index contributed by atoms with van der Waals surface area (Å²) in [4.78, 5) is 4.02. The van der Waals surface area contributed by atoms with Crippen LogP contribution in [0.2, 0.25) is 0 Å². The fourth-order valence-electron chi connectivity index (χ4n) is 1.06. The van der Waals surface area contributed by atoms with E-state index >= 15 is 0 Å². The van der Waals surface area contributed by atoms with Gasteiger partial charge in [0.1, 0.15) is 6.26 Å². The van der Waals surface area contributed by atoms with Crippen molar-refractivity contribution in [2.24, 2.45) is 0 Å². The highest BCUT2D eigenvalue weighted by atomic mass is 32.2. The van der Waals surface area contributed by atoms with Gasteiger partial charge in [-0.25, -0.2) is 4.98 Å². The van der Waals surface area contributed by atoms with E-state index in [2.05, 4.69) is 10.3 Å². The lowest BCUT2D eigenvalue weighted by atomic mass is 10.4. The van der Waals surface area contributed by atoms with E-state index in [1.165, 1.54) is 0 Å². The van der Waals surface area contributed by atoms with Crippen LogP contribution in [0.1, 0.15) is 13.3 Å². The Morgan fingerprint density at radius 1 is 1.53 bits per heavy atom. The van der Waals surface area contributed by atoms with E-state index in [9.17, 15) is 0 Å². The molecule has 0 aromatic carbocycles. The number of aromatic nitrogens is 1. The van der Waals surface area contributed by atoms with Gasteiger partial charge in [-0.2, -0.15) is 0 Å². The van der Waals surface area contributed by atoms with Gasteiger partial charge < -0.3 is 14.5 Å². The van der Waals surface area contributed by atoms with Gasteiger partial charge in [0.15, 0.2) is 0 Å². The molecule has 15 heavy (non-hydrogen) atoms. The molecule has 0 spiro atoms. The Balaban J connectivity index is 1.81. The Bertz CT molecular complexity index is 229. The summed E-state index contributed by atoms with van der Waals surface area (Å²) in [5.41, 5.74) is 0. The molecule has 4 nitrogen and oxygen atoms in total. The lowest BCUT2D eigenvalue weighted by Gasteiger charge is -2.03. The van der Waals surface area contributed by atoms with Gasteiger partial charge in [-0.1, -0.05) is 11.8 Å². The maximum atomic E-state index is 5.23. The Morgan fingerprint density at radius 2 is 2.47 bits per heavy atom. The highest BCUT2D eigenvalue weighted by molar-refractivity contribution is 7.99. The van der Waals surface area contributed by atoms with Crippen LogP contribution in [-0.4, -0.2) is 37.0 Å². The lowest BCUT2D eigenvalue weighted by Crippen LogP contribution is -2.19. The van der Waals surface area contributed by atoms with E-state index in [0.717, 1.165) is 43.7 Å². The van der Waals surface area contributed by atoms with Crippen molar-refractivity contribution >= 4 is 11.8 Å². The minimum atomic E-state index is 0.742. The Labute approximate surface area is 94.8 Å². The van der Waals surface area contributed by atoms with Gasteiger partial charge >= 0.3 is 0 Å². The van der Waals surface area contributed by atoms with Crippen LogP contribution < -0.4 is 5.32 Å². The van der Waals surface area contributed by atoms with Gasteiger partial charge in [-0.05, 0) is 19.9 Å². The van der Waals surface area contributed by atoms with Gasteiger partial charge in [0.2, 0.25) is 0 Å². The van der Waals surface area contributed by atoms with Crippen molar-refractivity contribution in [3.63, 3.8) is 0 Å². The number of oxazole rings is 1. The molecule has 1 aromatic rings. The summed E-state index contributed by atoms with van der Waals surface area (Å²) in [5.74, 6) is 0.981. The van der Waals surface area contributed by atoms with Crippen molar-refractivity contribution in [2.45, 2.75) is 18.6 Å². The van der Waals surface area contributed by atoms with Crippen LogP contribution in [0.4, 0.5) is 0 Å². The maximum Gasteiger partial charge on any atom is 0.255 e. The molecule has 86 valence electrons. The molecule has 1 aromatic heterocycles. The molecule has 0 aliphatic carbocycles. The average Bonchev–Trinajstić information content (AvgIpc) is 2.75. The first kappa shape index (κ1) is 12.5. The molecular formula is C10H18N2O2S. The molecule has 0 aliphatic heterocycles. The van der Waals surface area contributed by atoms with E-state index in [-0.39, 0.29) is 0 Å². The van der Waals surface area contributed by atoms with E-state index < -0.39 is 0 Å². The minimum absolute atomic E-state index is 0.742. The molecule has 0 fully saturated rings. The molecular weight excluding hydrogens is 212 g/mol. The summed E-state index contributed by atoms with van der Waals surface area (Å²) >= 11 is 1.62. The summed E-state index contributed by atoms with van der Waals surface area (Å²) in [7, 11) is 0. The molecule has 0 unspecified atom stereocenters. The zero-order valence-electron chi connectivity index (χ0n) is 9.07. The third kappa shape index (κ3) is 6.54. The second kappa shape index (κ2) is 8.76. The number of rotatable bonds is 9. The third-order valence-electron chi connectivity index (χ3n) is 1.76. The first-order valence-corrected chi connectivity index (χ1v) is 6.22. The minimum Gasteiger partial charge on any atom is -0.440 e. The van der Waals surface area contributed by atoms with Gasteiger partial charge in [-0.15, -0.1) is 0 Å². The number of nitrogens with zero attached hydrogens (tertiary/aromatic N) is 1. The number of thioether (sulfide) groups is 1. The predicted octanol–water partition coefficient (Wildman–Crippen LogP) is 1.78. The second-order valence-electron chi connectivity index (χ2n) is 2.95. The monoisotopic (exact) mass is 230 g/mol. The summed E-state index contributed by atoms with van der Waals surface area (Å²) in [6.07, 6.45) is 4.33. The molecule has 0 atom stereocenters. The summed E-state index contributed by atoms with van der Waals surface area (Å²) in [6, 6.07) is 0. The summed E-state index contributed by atoms with van der Waals surface area (Å²) in [5, 5.41) is 4.08. The number of nitrogens with one attached hydrogen (secondary N) is 1. The lowest BCUT2D eigenvalue weighted by molar-refractivity contribution is 0.145. The third-order valence-corrected chi connectivity index (χ3v) is 2.62. The Hall–Kier alpha value is -0.520. The van der Waals surface area contributed by atoms with E-state index in [0.29, 0.717) is 0 Å². The molecule has 1 N–H and O–H groups in total. The first-order chi connectivity index (χ1) is 7.43. The fraction of sp³-hybridized carbons (Fsp3) is 0.700. The topological polar surface area (TPSA) is 47.3 Å². The summed E-state index contributed by atoms with van der Waals surface area (Å²) in [6.45, 7) is 5.64. The standard InChI is InChI=1S/C10H18N2O2S/c1-2-13-7-3-4-11-6-9-15-10-12-5-8-14-10/h5,8,11H,2-4,6-7,9H2,1H3. The molecule has 0 saturated heterocycles. The molecule has 0 aliphatic rings. The zero-order chi connectivity index (χ0) is 10.8. The van der Waals surface area contributed by atoms with Crippen LogP contribution in [0.3, 0.4) is 0 Å². The number of hydrogen-bond donors (Lipinski definition) is 1. The Kier molecular flexibility index (Phi) is 7.33. The van der Waals surface area contributed by atoms with Crippen molar-refractivity contribution in [1.29, 1.82) is 0 Å². The number of ether oxygens (including phenoxy) is 1. The van der Waals surface area contributed by atoms with Gasteiger partial charge in [0, 0.05) is 25.5 Å². The smallest absolute Gasteiger partial charge is 0.255 e. The first-order valence-electron chi connectivity index (χ1n) is 5.24.